The summed E-state index contributed by atoms with van der Waals surface area (Å²) >= 11 is 0. The summed E-state index contributed by atoms with van der Waals surface area (Å²) in [5, 5.41) is 9.25. The maximum absolute atomic E-state index is 9.25. The number of aliphatic hydroxyl groups is 1. The lowest BCUT2D eigenvalue weighted by molar-refractivity contribution is 0.171. The van der Waals surface area contributed by atoms with E-state index in [0.717, 1.165) is 5.54 Å². The molecule has 0 spiro atoms. The zero-order valence-corrected chi connectivity index (χ0v) is 8.39. The van der Waals surface area contributed by atoms with Gasteiger partial charge in [-0.25, -0.2) is 0 Å². The van der Waals surface area contributed by atoms with Crippen molar-refractivity contribution >= 4 is 8.07 Å². The molecule has 10 heavy (non-hydrogen) atoms. The standard InChI is InChI=1S/C8H18OSi/c1-6(9)7-5-8(7)10(2,3)4/h6-9H,5H2,1-4H3/t6-,7+,8+/m1/s1. The van der Waals surface area contributed by atoms with Crippen LogP contribution in [0, 0.1) is 5.92 Å². The first kappa shape index (κ1) is 8.28. The molecule has 0 saturated heterocycles. The Bertz CT molecular complexity index is 126. The number of hydrogen-bond donors (Lipinski definition) is 1. The first-order valence-electron chi connectivity index (χ1n) is 4.11. The summed E-state index contributed by atoms with van der Waals surface area (Å²) in [6.07, 6.45) is 1.23. The monoisotopic (exact) mass is 158 g/mol. The van der Waals surface area contributed by atoms with E-state index in [1.807, 2.05) is 6.92 Å². The van der Waals surface area contributed by atoms with E-state index < -0.39 is 8.07 Å². The van der Waals surface area contributed by atoms with Gasteiger partial charge in [0.05, 0.1) is 6.10 Å². The van der Waals surface area contributed by atoms with Crippen LogP contribution in [0.2, 0.25) is 25.2 Å². The molecule has 0 amide bonds. The second-order valence-electron chi connectivity index (χ2n) is 4.61. The Morgan fingerprint density at radius 1 is 1.40 bits per heavy atom. The first-order chi connectivity index (χ1) is 4.43. The van der Waals surface area contributed by atoms with Crippen molar-refractivity contribution in [2.45, 2.75) is 44.6 Å². The SMILES string of the molecule is C[C@@H](O)[C@@H]1C[C@@H]1[Si](C)(C)C. The molecule has 0 aromatic rings. The Morgan fingerprint density at radius 2 is 1.90 bits per heavy atom. The summed E-state index contributed by atoms with van der Waals surface area (Å²) in [4.78, 5) is 0. The summed E-state index contributed by atoms with van der Waals surface area (Å²) in [5.41, 5.74) is 0.896. The van der Waals surface area contributed by atoms with Crippen LogP contribution in [0.3, 0.4) is 0 Å². The fraction of sp³-hybridized carbons (Fsp3) is 1.00. The third-order valence-corrected chi connectivity index (χ3v) is 5.46. The van der Waals surface area contributed by atoms with Gasteiger partial charge >= 0.3 is 0 Å². The van der Waals surface area contributed by atoms with E-state index in [2.05, 4.69) is 19.6 Å². The molecule has 1 aliphatic carbocycles. The maximum atomic E-state index is 9.25. The Balaban J connectivity index is 2.39. The molecule has 0 radical (unpaired) electrons. The van der Waals surface area contributed by atoms with Crippen LogP contribution in [0.5, 0.6) is 0 Å². The van der Waals surface area contributed by atoms with Gasteiger partial charge in [-0.1, -0.05) is 19.6 Å². The van der Waals surface area contributed by atoms with Gasteiger partial charge in [0.25, 0.3) is 0 Å². The lowest BCUT2D eigenvalue weighted by Crippen LogP contribution is -2.22. The van der Waals surface area contributed by atoms with Crippen molar-refractivity contribution in [1.82, 2.24) is 0 Å². The Hall–Kier alpha value is 0.177. The van der Waals surface area contributed by atoms with E-state index in [1.54, 1.807) is 0 Å². The highest BCUT2D eigenvalue weighted by Gasteiger charge is 2.48. The van der Waals surface area contributed by atoms with Gasteiger partial charge < -0.3 is 5.11 Å². The third kappa shape index (κ3) is 1.61. The second-order valence-corrected chi connectivity index (χ2v) is 10.1. The van der Waals surface area contributed by atoms with Crippen LogP contribution < -0.4 is 0 Å². The van der Waals surface area contributed by atoms with Crippen molar-refractivity contribution in [1.29, 1.82) is 0 Å². The summed E-state index contributed by atoms with van der Waals surface area (Å²) < 4.78 is 0. The molecule has 1 rings (SSSR count). The second kappa shape index (κ2) is 2.34. The van der Waals surface area contributed by atoms with Gasteiger partial charge in [0, 0.05) is 8.07 Å². The van der Waals surface area contributed by atoms with Crippen molar-refractivity contribution in [2.24, 2.45) is 5.92 Å². The van der Waals surface area contributed by atoms with Crippen molar-refractivity contribution in [3.8, 4) is 0 Å². The summed E-state index contributed by atoms with van der Waals surface area (Å²) in [5.74, 6) is 0.645. The minimum Gasteiger partial charge on any atom is -0.393 e. The number of rotatable bonds is 2. The molecular weight excluding hydrogens is 140 g/mol. The van der Waals surface area contributed by atoms with Gasteiger partial charge in [0.2, 0.25) is 0 Å². The average molecular weight is 158 g/mol. The van der Waals surface area contributed by atoms with Gasteiger partial charge in [-0.2, -0.15) is 0 Å². The predicted molar refractivity (Wildman–Crippen MR) is 46.9 cm³/mol. The molecular formula is C8H18OSi. The fourth-order valence-electron chi connectivity index (χ4n) is 1.74. The lowest BCUT2D eigenvalue weighted by atomic mass is 10.3. The topological polar surface area (TPSA) is 20.2 Å². The highest BCUT2D eigenvalue weighted by molar-refractivity contribution is 6.78. The minimum absolute atomic E-state index is 0.0586. The summed E-state index contributed by atoms with van der Waals surface area (Å²) in [7, 11) is -0.909. The molecule has 0 aliphatic heterocycles. The smallest absolute Gasteiger partial charge is 0.0540 e. The molecule has 2 heteroatoms. The predicted octanol–water partition coefficient (Wildman–Crippen LogP) is 2.10. The molecule has 60 valence electrons. The molecule has 1 nitrogen and oxygen atoms in total. The number of hydrogen-bond acceptors (Lipinski definition) is 1. The molecule has 0 unspecified atom stereocenters. The van der Waals surface area contributed by atoms with Crippen molar-refractivity contribution < 1.29 is 5.11 Å². The minimum atomic E-state index is -0.909. The molecule has 1 fully saturated rings. The van der Waals surface area contributed by atoms with Crippen LogP contribution in [-0.2, 0) is 0 Å². The number of aliphatic hydroxyl groups excluding tert-OH is 1. The zero-order valence-electron chi connectivity index (χ0n) is 7.39. The third-order valence-electron chi connectivity index (χ3n) is 2.57. The average Bonchev–Trinajstić information content (AvgIpc) is 2.35. The van der Waals surface area contributed by atoms with E-state index in [1.165, 1.54) is 6.42 Å². The van der Waals surface area contributed by atoms with E-state index in [-0.39, 0.29) is 6.10 Å². The van der Waals surface area contributed by atoms with Crippen LogP contribution in [0.4, 0.5) is 0 Å². The lowest BCUT2D eigenvalue weighted by Gasteiger charge is -2.16. The zero-order chi connectivity index (χ0) is 7.94. The molecule has 1 N–H and O–H groups in total. The van der Waals surface area contributed by atoms with Crippen LogP contribution in [-0.4, -0.2) is 19.3 Å². The first-order valence-corrected chi connectivity index (χ1v) is 7.68. The van der Waals surface area contributed by atoms with Gasteiger partial charge in [-0.3, -0.25) is 0 Å². The van der Waals surface area contributed by atoms with Crippen LogP contribution >= 0.6 is 0 Å². The highest BCUT2D eigenvalue weighted by Crippen LogP contribution is 2.53. The molecule has 1 saturated carbocycles. The molecule has 0 bridgehead atoms. The summed E-state index contributed by atoms with van der Waals surface area (Å²) in [6.45, 7) is 9.09. The van der Waals surface area contributed by atoms with Crippen molar-refractivity contribution in [2.75, 3.05) is 0 Å². The normalized spacial score (nSPS) is 35.7. The van der Waals surface area contributed by atoms with E-state index in [9.17, 15) is 5.11 Å². The fourth-order valence-corrected chi connectivity index (χ4v) is 4.29. The van der Waals surface area contributed by atoms with Gasteiger partial charge in [0.15, 0.2) is 0 Å². The van der Waals surface area contributed by atoms with Crippen LogP contribution in [0.15, 0.2) is 0 Å². The largest absolute Gasteiger partial charge is 0.393 e. The molecule has 0 heterocycles. The summed E-state index contributed by atoms with van der Waals surface area (Å²) in [6, 6.07) is 0. The quantitative estimate of drug-likeness (QED) is 0.610. The van der Waals surface area contributed by atoms with E-state index in [0.29, 0.717) is 5.92 Å². The molecule has 3 atom stereocenters. The molecule has 1 aliphatic rings. The highest BCUT2D eigenvalue weighted by atomic mass is 28.3. The Kier molecular flexibility index (Phi) is 1.94. The Labute approximate surface area is 64.5 Å². The van der Waals surface area contributed by atoms with E-state index >= 15 is 0 Å². The Morgan fingerprint density at radius 3 is 2.00 bits per heavy atom. The van der Waals surface area contributed by atoms with Gasteiger partial charge in [-0.15, -0.1) is 0 Å². The van der Waals surface area contributed by atoms with Crippen LogP contribution in [0.1, 0.15) is 13.3 Å². The van der Waals surface area contributed by atoms with Crippen molar-refractivity contribution in [3.63, 3.8) is 0 Å². The molecule has 0 aromatic heterocycles. The van der Waals surface area contributed by atoms with Crippen molar-refractivity contribution in [3.05, 3.63) is 0 Å². The van der Waals surface area contributed by atoms with Crippen LogP contribution in [0.25, 0.3) is 0 Å². The maximum Gasteiger partial charge on any atom is 0.0540 e. The van der Waals surface area contributed by atoms with E-state index in [4.69, 9.17) is 0 Å². The molecule has 0 aromatic carbocycles. The van der Waals surface area contributed by atoms with Gasteiger partial charge in [-0.05, 0) is 24.8 Å². The van der Waals surface area contributed by atoms with Gasteiger partial charge in [0.1, 0.15) is 0 Å².